The van der Waals surface area contributed by atoms with Crippen LogP contribution in [0.3, 0.4) is 0 Å². The molecule has 0 saturated carbocycles. The molecule has 25 heavy (non-hydrogen) atoms. The zero-order valence-electron chi connectivity index (χ0n) is 14.3. The molecule has 5 nitrogen and oxygen atoms in total. The molecule has 2 aromatic carbocycles. The van der Waals surface area contributed by atoms with Crippen molar-refractivity contribution in [2.24, 2.45) is 0 Å². The first-order valence-corrected chi connectivity index (χ1v) is 8.32. The quantitative estimate of drug-likeness (QED) is 0.800. The summed E-state index contributed by atoms with van der Waals surface area (Å²) in [6, 6.07) is 18.2. The maximum Gasteiger partial charge on any atom is 0.133 e. The molecule has 1 N–H and O–H groups in total. The van der Waals surface area contributed by atoms with Gasteiger partial charge in [0.2, 0.25) is 0 Å². The van der Waals surface area contributed by atoms with Crippen LogP contribution >= 0.6 is 0 Å². The topological polar surface area (TPSA) is 56.9 Å². The minimum absolute atomic E-state index is 0.620. The van der Waals surface area contributed by atoms with E-state index in [1.165, 1.54) is 5.56 Å². The highest BCUT2D eigenvalue weighted by Gasteiger charge is 2.25. The highest BCUT2D eigenvalue weighted by Crippen LogP contribution is 2.36. The third-order valence-electron chi connectivity index (χ3n) is 4.54. The van der Waals surface area contributed by atoms with Crippen molar-refractivity contribution >= 4 is 11.5 Å². The summed E-state index contributed by atoms with van der Waals surface area (Å²) >= 11 is 0. The van der Waals surface area contributed by atoms with Crippen LogP contribution in [0, 0.1) is 11.3 Å². The van der Waals surface area contributed by atoms with E-state index in [9.17, 15) is 5.26 Å². The summed E-state index contributed by atoms with van der Waals surface area (Å²) in [5.41, 5.74) is 5.87. The van der Waals surface area contributed by atoms with Gasteiger partial charge in [-0.2, -0.15) is 10.4 Å². The van der Waals surface area contributed by atoms with Crippen molar-refractivity contribution in [2.75, 3.05) is 30.9 Å². The molecule has 0 radical (unpaired) electrons. The standard InChI is InChI=1S/C20H19N5/c1-24(2)16-8-5-7-14(12-16)19-17-10-11-22-20(17)25(23-19)18-9-4-3-6-15(18)13-21/h3-9,12,22H,10-11H2,1-2H3. The van der Waals surface area contributed by atoms with Gasteiger partial charge in [-0.3, -0.25) is 0 Å². The molecule has 0 spiro atoms. The second-order valence-electron chi connectivity index (χ2n) is 6.34. The zero-order valence-corrected chi connectivity index (χ0v) is 14.3. The SMILES string of the molecule is CN(C)c1cccc(-c2nn(-c3ccccc3C#N)c3c2CCN3)c1. The van der Waals surface area contributed by atoms with Crippen molar-refractivity contribution in [1.29, 1.82) is 5.26 Å². The summed E-state index contributed by atoms with van der Waals surface area (Å²) in [6.07, 6.45) is 0.936. The van der Waals surface area contributed by atoms with Crippen LogP contribution in [0.5, 0.6) is 0 Å². The Labute approximate surface area is 147 Å². The number of nitrogens with one attached hydrogen (secondary N) is 1. The molecule has 0 atom stereocenters. The fourth-order valence-corrected chi connectivity index (χ4v) is 3.27. The number of fused-ring (bicyclic) bond motifs is 1. The van der Waals surface area contributed by atoms with Gasteiger partial charge in [-0.15, -0.1) is 0 Å². The first-order valence-electron chi connectivity index (χ1n) is 8.32. The van der Waals surface area contributed by atoms with Crippen molar-refractivity contribution < 1.29 is 0 Å². The molecule has 0 amide bonds. The number of rotatable bonds is 3. The van der Waals surface area contributed by atoms with E-state index in [1.807, 2.05) is 43.0 Å². The van der Waals surface area contributed by atoms with Gasteiger partial charge in [0, 0.05) is 37.5 Å². The number of nitrogens with zero attached hydrogens (tertiary/aromatic N) is 4. The normalized spacial score (nSPS) is 12.4. The second kappa shape index (κ2) is 5.99. The molecule has 0 aliphatic carbocycles. The van der Waals surface area contributed by atoms with E-state index in [1.54, 1.807) is 0 Å². The highest BCUT2D eigenvalue weighted by atomic mass is 15.3. The van der Waals surface area contributed by atoms with Gasteiger partial charge >= 0.3 is 0 Å². The number of hydrogen-bond acceptors (Lipinski definition) is 4. The van der Waals surface area contributed by atoms with Gasteiger partial charge in [0.1, 0.15) is 11.9 Å². The zero-order chi connectivity index (χ0) is 17.4. The van der Waals surface area contributed by atoms with Crippen LogP contribution < -0.4 is 10.2 Å². The maximum absolute atomic E-state index is 9.43. The first-order chi connectivity index (χ1) is 12.2. The molecular formula is C20H19N5. The molecular weight excluding hydrogens is 310 g/mol. The Kier molecular flexibility index (Phi) is 3.66. The smallest absolute Gasteiger partial charge is 0.133 e. The largest absolute Gasteiger partial charge is 0.378 e. The van der Waals surface area contributed by atoms with Gasteiger partial charge in [-0.05, 0) is 30.7 Å². The second-order valence-corrected chi connectivity index (χ2v) is 6.34. The molecule has 1 aromatic heterocycles. The first kappa shape index (κ1) is 15.3. The molecule has 3 aromatic rings. The Bertz CT molecular complexity index is 978. The number of anilines is 2. The van der Waals surface area contributed by atoms with Gasteiger partial charge in [0.25, 0.3) is 0 Å². The molecule has 1 aliphatic rings. The predicted molar refractivity (Wildman–Crippen MR) is 100 cm³/mol. The van der Waals surface area contributed by atoms with Gasteiger partial charge in [-0.1, -0.05) is 24.3 Å². The van der Waals surface area contributed by atoms with Gasteiger partial charge in [0.05, 0.1) is 16.9 Å². The van der Waals surface area contributed by atoms with Crippen LogP contribution in [-0.2, 0) is 6.42 Å². The van der Waals surface area contributed by atoms with Crippen LogP contribution in [0.15, 0.2) is 48.5 Å². The van der Waals surface area contributed by atoms with E-state index >= 15 is 0 Å². The molecule has 0 unspecified atom stereocenters. The minimum atomic E-state index is 0.620. The minimum Gasteiger partial charge on any atom is -0.378 e. The third kappa shape index (κ3) is 2.52. The van der Waals surface area contributed by atoms with E-state index in [0.717, 1.165) is 41.4 Å². The number of benzene rings is 2. The lowest BCUT2D eigenvalue weighted by molar-refractivity contribution is 0.879. The Hall–Kier alpha value is -3.26. The summed E-state index contributed by atoms with van der Waals surface area (Å²) in [7, 11) is 4.07. The van der Waals surface area contributed by atoms with E-state index in [4.69, 9.17) is 5.10 Å². The lowest BCUT2D eigenvalue weighted by atomic mass is 10.1. The molecule has 0 fully saturated rings. The van der Waals surface area contributed by atoms with Crippen molar-refractivity contribution in [3.8, 4) is 23.0 Å². The van der Waals surface area contributed by atoms with Crippen molar-refractivity contribution in [3.05, 3.63) is 59.7 Å². The van der Waals surface area contributed by atoms with E-state index in [2.05, 4.69) is 40.6 Å². The van der Waals surface area contributed by atoms with Crippen LogP contribution in [0.2, 0.25) is 0 Å². The van der Waals surface area contributed by atoms with Crippen molar-refractivity contribution in [2.45, 2.75) is 6.42 Å². The summed E-state index contributed by atoms with van der Waals surface area (Å²) in [4.78, 5) is 2.09. The van der Waals surface area contributed by atoms with E-state index in [-0.39, 0.29) is 0 Å². The van der Waals surface area contributed by atoms with Crippen LogP contribution in [0.1, 0.15) is 11.1 Å². The summed E-state index contributed by atoms with van der Waals surface area (Å²) < 4.78 is 1.87. The Morgan fingerprint density at radius 3 is 2.80 bits per heavy atom. The molecule has 5 heteroatoms. The molecule has 124 valence electrons. The highest BCUT2D eigenvalue weighted by molar-refractivity contribution is 5.75. The molecule has 1 aliphatic heterocycles. The predicted octanol–water partition coefficient (Wildman–Crippen LogP) is 3.44. The molecule has 2 heterocycles. The van der Waals surface area contributed by atoms with Crippen molar-refractivity contribution in [1.82, 2.24) is 9.78 Å². The molecule has 0 saturated heterocycles. The average Bonchev–Trinajstić information content (AvgIpc) is 3.24. The van der Waals surface area contributed by atoms with Crippen LogP contribution in [0.25, 0.3) is 16.9 Å². The summed E-state index contributed by atoms with van der Waals surface area (Å²) in [6.45, 7) is 0.891. The average molecular weight is 329 g/mol. The van der Waals surface area contributed by atoms with E-state index < -0.39 is 0 Å². The van der Waals surface area contributed by atoms with E-state index in [0.29, 0.717) is 5.56 Å². The third-order valence-corrected chi connectivity index (χ3v) is 4.54. The fraction of sp³-hybridized carbons (Fsp3) is 0.200. The van der Waals surface area contributed by atoms with Gasteiger partial charge in [0.15, 0.2) is 0 Å². The Balaban J connectivity index is 1.90. The van der Waals surface area contributed by atoms with Crippen molar-refractivity contribution in [3.63, 3.8) is 0 Å². The molecule has 0 bridgehead atoms. The number of nitriles is 1. The number of para-hydroxylation sites is 1. The summed E-state index contributed by atoms with van der Waals surface area (Å²) in [5, 5.41) is 17.7. The van der Waals surface area contributed by atoms with Crippen LogP contribution in [0.4, 0.5) is 11.5 Å². The lowest BCUT2D eigenvalue weighted by Crippen LogP contribution is -2.08. The number of aromatic nitrogens is 2. The summed E-state index contributed by atoms with van der Waals surface area (Å²) in [5.74, 6) is 0.993. The van der Waals surface area contributed by atoms with Gasteiger partial charge < -0.3 is 10.2 Å². The maximum atomic E-state index is 9.43. The fourth-order valence-electron chi connectivity index (χ4n) is 3.27. The van der Waals surface area contributed by atoms with Gasteiger partial charge in [-0.25, -0.2) is 4.68 Å². The molecule has 4 rings (SSSR count). The number of hydrogen-bond donors (Lipinski definition) is 1. The Morgan fingerprint density at radius 1 is 1.16 bits per heavy atom. The monoisotopic (exact) mass is 329 g/mol. The van der Waals surface area contributed by atoms with Crippen LogP contribution in [-0.4, -0.2) is 30.4 Å². The lowest BCUT2D eigenvalue weighted by Gasteiger charge is -2.13. The Morgan fingerprint density at radius 2 is 2.00 bits per heavy atom.